The van der Waals surface area contributed by atoms with Gasteiger partial charge in [0.05, 0.1) is 4.92 Å². The Balaban J connectivity index is 1.66. The highest BCUT2D eigenvalue weighted by atomic mass is 16.6. The van der Waals surface area contributed by atoms with Gasteiger partial charge in [-0.2, -0.15) is 0 Å². The fraction of sp³-hybridized carbons (Fsp3) is 0.409. The number of nitrogens with zero attached hydrogens (tertiary/aromatic N) is 2. The van der Waals surface area contributed by atoms with Crippen molar-refractivity contribution in [2.75, 3.05) is 12.8 Å². The average Bonchev–Trinajstić information content (AvgIpc) is 2.73. The van der Waals surface area contributed by atoms with Crippen LogP contribution < -0.4 is 11.1 Å². The molecule has 0 spiro atoms. The molecule has 0 radical (unpaired) electrons. The highest BCUT2D eigenvalue weighted by molar-refractivity contribution is 5.95. The number of rotatable bonds is 7. The number of benzene rings is 2. The summed E-state index contributed by atoms with van der Waals surface area (Å²) in [7, 11) is 2.17. The SMILES string of the molecule is CN(Cc1ccccc1CNC(=O)c1ccc(N)c([N+](=O)[O-])c1)C1CCCCC1. The predicted octanol–water partition coefficient (Wildman–Crippen LogP) is 3.87. The first kappa shape index (κ1) is 20.8. The lowest BCUT2D eigenvalue weighted by atomic mass is 9.94. The van der Waals surface area contributed by atoms with Gasteiger partial charge in [-0.05, 0) is 43.1 Å². The van der Waals surface area contributed by atoms with E-state index >= 15 is 0 Å². The van der Waals surface area contributed by atoms with Crippen molar-refractivity contribution in [2.24, 2.45) is 0 Å². The van der Waals surface area contributed by atoms with Crippen molar-refractivity contribution < 1.29 is 9.72 Å². The van der Waals surface area contributed by atoms with Gasteiger partial charge in [0, 0.05) is 30.8 Å². The van der Waals surface area contributed by atoms with Crippen LogP contribution >= 0.6 is 0 Å². The van der Waals surface area contributed by atoms with Crippen molar-refractivity contribution in [1.82, 2.24) is 10.2 Å². The molecular weight excluding hydrogens is 368 g/mol. The molecule has 1 fully saturated rings. The minimum atomic E-state index is -0.581. The second-order valence-electron chi connectivity index (χ2n) is 7.69. The Hall–Kier alpha value is -2.93. The Morgan fingerprint density at radius 3 is 2.55 bits per heavy atom. The molecule has 0 unspecified atom stereocenters. The van der Waals surface area contributed by atoms with Crippen molar-refractivity contribution in [3.63, 3.8) is 0 Å². The minimum Gasteiger partial charge on any atom is -0.393 e. The Morgan fingerprint density at radius 2 is 1.86 bits per heavy atom. The van der Waals surface area contributed by atoms with Gasteiger partial charge in [0.25, 0.3) is 11.6 Å². The third-order valence-electron chi connectivity index (χ3n) is 5.66. The fourth-order valence-electron chi connectivity index (χ4n) is 3.92. The number of anilines is 1. The van der Waals surface area contributed by atoms with Crippen molar-refractivity contribution in [2.45, 2.75) is 51.2 Å². The van der Waals surface area contributed by atoms with Crippen LogP contribution in [0.15, 0.2) is 42.5 Å². The first-order valence-corrected chi connectivity index (χ1v) is 10.0. The summed E-state index contributed by atoms with van der Waals surface area (Å²) in [5.74, 6) is -0.358. The van der Waals surface area contributed by atoms with Crippen LogP contribution in [0.4, 0.5) is 11.4 Å². The molecule has 1 saturated carbocycles. The zero-order valence-electron chi connectivity index (χ0n) is 16.8. The second-order valence-corrected chi connectivity index (χ2v) is 7.69. The predicted molar refractivity (Wildman–Crippen MR) is 113 cm³/mol. The zero-order chi connectivity index (χ0) is 20.8. The Morgan fingerprint density at radius 1 is 1.17 bits per heavy atom. The summed E-state index contributed by atoms with van der Waals surface area (Å²) in [5, 5.41) is 13.9. The molecule has 1 aliphatic carbocycles. The Bertz CT molecular complexity index is 878. The number of nitrogen functional groups attached to an aromatic ring is 1. The summed E-state index contributed by atoms with van der Waals surface area (Å²) < 4.78 is 0. The third-order valence-corrected chi connectivity index (χ3v) is 5.66. The Labute approximate surface area is 171 Å². The van der Waals surface area contributed by atoms with Crippen LogP contribution in [-0.4, -0.2) is 28.8 Å². The van der Waals surface area contributed by atoms with E-state index in [2.05, 4.69) is 23.3 Å². The number of nitrogens with two attached hydrogens (primary N) is 1. The van der Waals surface area contributed by atoms with E-state index in [1.807, 2.05) is 18.2 Å². The molecule has 154 valence electrons. The number of hydrogen-bond acceptors (Lipinski definition) is 5. The van der Waals surface area contributed by atoms with Crippen molar-refractivity contribution >= 4 is 17.3 Å². The first-order chi connectivity index (χ1) is 14.0. The van der Waals surface area contributed by atoms with Gasteiger partial charge in [0.2, 0.25) is 0 Å². The van der Waals surface area contributed by atoms with Gasteiger partial charge in [-0.3, -0.25) is 19.8 Å². The van der Waals surface area contributed by atoms with Gasteiger partial charge in [-0.25, -0.2) is 0 Å². The average molecular weight is 396 g/mol. The summed E-state index contributed by atoms with van der Waals surface area (Å²) in [6.45, 7) is 1.20. The largest absolute Gasteiger partial charge is 0.393 e. The lowest BCUT2D eigenvalue weighted by molar-refractivity contribution is -0.383. The first-order valence-electron chi connectivity index (χ1n) is 10.0. The molecule has 2 aromatic rings. The summed E-state index contributed by atoms with van der Waals surface area (Å²) in [5.41, 5.74) is 7.85. The van der Waals surface area contributed by atoms with Gasteiger partial charge in [-0.15, -0.1) is 0 Å². The quantitative estimate of drug-likeness (QED) is 0.420. The van der Waals surface area contributed by atoms with Crippen LogP contribution in [0.3, 0.4) is 0 Å². The molecule has 1 aliphatic rings. The number of carbonyl (C=O) groups excluding carboxylic acids is 1. The third kappa shape index (κ3) is 5.32. The summed E-state index contributed by atoms with van der Waals surface area (Å²) in [6.07, 6.45) is 6.40. The van der Waals surface area contributed by atoms with E-state index in [1.54, 1.807) is 0 Å². The maximum atomic E-state index is 12.5. The molecule has 2 aromatic carbocycles. The molecule has 0 saturated heterocycles. The van der Waals surface area contributed by atoms with Crippen LogP contribution in [0.2, 0.25) is 0 Å². The highest BCUT2D eigenvalue weighted by Crippen LogP contribution is 2.24. The van der Waals surface area contributed by atoms with Crippen molar-refractivity contribution in [1.29, 1.82) is 0 Å². The van der Waals surface area contributed by atoms with Gasteiger partial charge in [0.1, 0.15) is 5.69 Å². The van der Waals surface area contributed by atoms with Gasteiger partial charge in [-0.1, -0.05) is 43.5 Å². The second kappa shape index (κ2) is 9.52. The normalized spacial score (nSPS) is 14.7. The molecule has 3 N–H and O–H groups in total. The number of nitro groups is 1. The fourth-order valence-corrected chi connectivity index (χ4v) is 3.92. The van der Waals surface area contributed by atoms with Crippen LogP contribution in [0.25, 0.3) is 0 Å². The molecule has 1 amide bonds. The zero-order valence-corrected chi connectivity index (χ0v) is 16.8. The number of nitro benzene ring substituents is 1. The summed E-state index contributed by atoms with van der Waals surface area (Å²) in [6, 6.07) is 12.8. The van der Waals surface area contributed by atoms with Crippen LogP contribution in [0, 0.1) is 10.1 Å². The van der Waals surface area contributed by atoms with Crippen molar-refractivity contribution in [3.8, 4) is 0 Å². The monoisotopic (exact) mass is 396 g/mol. The lowest BCUT2D eigenvalue weighted by Crippen LogP contribution is -2.33. The molecule has 0 aromatic heterocycles. The molecule has 0 heterocycles. The van der Waals surface area contributed by atoms with E-state index in [0.717, 1.165) is 12.1 Å². The van der Waals surface area contributed by atoms with E-state index in [1.165, 1.54) is 55.9 Å². The number of amides is 1. The standard InChI is InChI=1S/C22H28N4O3/c1-25(19-9-3-2-4-10-19)15-18-8-6-5-7-17(18)14-24-22(27)16-11-12-20(23)21(13-16)26(28)29/h5-8,11-13,19H,2-4,9-10,14-15,23H2,1H3,(H,24,27). The van der Waals surface area contributed by atoms with E-state index in [9.17, 15) is 14.9 Å². The Kier molecular flexibility index (Phi) is 6.82. The maximum Gasteiger partial charge on any atom is 0.292 e. The molecule has 0 bridgehead atoms. The molecule has 3 rings (SSSR count). The number of carbonyl (C=O) groups is 1. The topological polar surface area (TPSA) is 102 Å². The molecule has 0 aliphatic heterocycles. The van der Waals surface area contributed by atoms with E-state index < -0.39 is 4.92 Å². The molecule has 0 atom stereocenters. The van der Waals surface area contributed by atoms with Crippen molar-refractivity contribution in [3.05, 3.63) is 69.3 Å². The summed E-state index contributed by atoms with van der Waals surface area (Å²) >= 11 is 0. The van der Waals surface area contributed by atoms with E-state index in [-0.39, 0.29) is 22.8 Å². The number of nitrogens with one attached hydrogen (secondary N) is 1. The minimum absolute atomic E-state index is 0.0441. The molecule has 29 heavy (non-hydrogen) atoms. The highest BCUT2D eigenvalue weighted by Gasteiger charge is 2.19. The van der Waals surface area contributed by atoms with E-state index in [0.29, 0.717) is 12.6 Å². The lowest BCUT2D eigenvalue weighted by Gasteiger charge is -2.31. The van der Waals surface area contributed by atoms with Crippen LogP contribution in [-0.2, 0) is 13.1 Å². The van der Waals surface area contributed by atoms with E-state index in [4.69, 9.17) is 5.73 Å². The van der Waals surface area contributed by atoms with Gasteiger partial charge in [0.15, 0.2) is 0 Å². The van der Waals surface area contributed by atoms with Crippen LogP contribution in [0.5, 0.6) is 0 Å². The summed E-state index contributed by atoms with van der Waals surface area (Å²) in [4.78, 5) is 25.4. The van der Waals surface area contributed by atoms with Gasteiger partial charge < -0.3 is 11.1 Å². The van der Waals surface area contributed by atoms with Crippen LogP contribution in [0.1, 0.15) is 53.6 Å². The number of hydrogen-bond donors (Lipinski definition) is 2. The maximum absolute atomic E-state index is 12.5. The molecule has 7 nitrogen and oxygen atoms in total. The molecular formula is C22H28N4O3. The van der Waals surface area contributed by atoms with Gasteiger partial charge >= 0.3 is 0 Å². The smallest absolute Gasteiger partial charge is 0.292 e. The molecule has 7 heteroatoms.